The monoisotopic (exact) mass is 296 g/mol. The number of amides is 1. The van der Waals surface area contributed by atoms with E-state index in [1.165, 1.54) is 20.2 Å². The average molecular weight is 296 g/mol. The van der Waals surface area contributed by atoms with Crippen LogP contribution in [-0.4, -0.2) is 65.4 Å². The highest BCUT2D eigenvalue weighted by Gasteiger charge is 2.49. The third-order valence-electron chi connectivity index (χ3n) is 3.66. The van der Waals surface area contributed by atoms with Crippen molar-refractivity contribution in [3.8, 4) is 0 Å². The number of nitrogens with zero attached hydrogens (tertiary/aromatic N) is 3. The number of carbonyl (C=O) groups is 2. The van der Waals surface area contributed by atoms with Crippen LogP contribution in [0.4, 0.5) is 0 Å². The van der Waals surface area contributed by atoms with Gasteiger partial charge < -0.3 is 19.5 Å². The van der Waals surface area contributed by atoms with Gasteiger partial charge in [-0.1, -0.05) is 5.21 Å². The van der Waals surface area contributed by atoms with E-state index >= 15 is 0 Å². The first-order valence-corrected chi connectivity index (χ1v) is 6.60. The second kappa shape index (κ2) is 5.41. The molecule has 0 bridgehead atoms. The fraction of sp³-hybridized carbons (Fsp3) is 0.667. The van der Waals surface area contributed by atoms with Crippen LogP contribution in [0.25, 0.3) is 0 Å². The normalized spacial score (nSPS) is 31.0. The number of fused-ring (bicyclic) bond motifs is 1. The first-order valence-electron chi connectivity index (χ1n) is 6.60. The number of rotatable bonds is 3. The van der Waals surface area contributed by atoms with E-state index in [2.05, 4.69) is 20.4 Å². The number of methoxy groups -OCH3 is 1. The van der Waals surface area contributed by atoms with Crippen molar-refractivity contribution in [1.29, 1.82) is 0 Å². The quantitative estimate of drug-likeness (QED) is 0.706. The van der Waals surface area contributed by atoms with Gasteiger partial charge in [-0.25, -0.2) is 9.48 Å². The molecule has 0 spiro atoms. The Morgan fingerprint density at radius 3 is 2.86 bits per heavy atom. The molecule has 0 aliphatic carbocycles. The summed E-state index contributed by atoms with van der Waals surface area (Å²) in [7, 11) is 1.29. The van der Waals surface area contributed by atoms with Crippen molar-refractivity contribution in [2.45, 2.75) is 31.2 Å². The van der Waals surface area contributed by atoms with Crippen molar-refractivity contribution in [2.24, 2.45) is 0 Å². The van der Waals surface area contributed by atoms with E-state index in [1.807, 2.05) is 0 Å². The van der Waals surface area contributed by atoms with Gasteiger partial charge in [0.2, 0.25) is 5.91 Å². The van der Waals surface area contributed by atoms with Crippen LogP contribution < -0.4 is 5.32 Å². The SMILES string of the molecule is COC(=O)c1cn([C@H]2CO[C@H]3[C@@H]2OC[C@@H]3NC(C)=O)nn1. The standard InChI is InChI=1S/C12H16N4O5/c1-6(17)13-8-4-20-11-9(5-21-10(8)11)16-3-7(14-15-16)12(18)19-2/h3,8-11H,4-5H2,1-2H3,(H,13,17)/t8-,9-,10+,11+/m0/s1. The van der Waals surface area contributed by atoms with Crippen molar-refractivity contribution in [1.82, 2.24) is 20.3 Å². The molecule has 0 aromatic carbocycles. The number of nitrogens with one attached hydrogen (secondary N) is 1. The van der Waals surface area contributed by atoms with E-state index < -0.39 is 5.97 Å². The Labute approximate surface area is 120 Å². The highest BCUT2D eigenvalue weighted by atomic mass is 16.6. The van der Waals surface area contributed by atoms with Crippen molar-refractivity contribution in [2.75, 3.05) is 20.3 Å². The van der Waals surface area contributed by atoms with Gasteiger partial charge in [-0.05, 0) is 0 Å². The maximum Gasteiger partial charge on any atom is 0.360 e. The van der Waals surface area contributed by atoms with E-state index in [0.717, 1.165) is 0 Å². The van der Waals surface area contributed by atoms with Crippen molar-refractivity contribution < 1.29 is 23.8 Å². The Kier molecular flexibility index (Phi) is 3.60. The number of hydrogen-bond donors (Lipinski definition) is 1. The van der Waals surface area contributed by atoms with Gasteiger partial charge >= 0.3 is 5.97 Å². The molecule has 114 valence electrons. The van der Waals surface area contributed by atoms with E-state index in [4.69, 9.17) is 9.47 Å². The Morgan fingerprint density at radius 2 is 2.14 bits per heavy atom. The molecule has 2 fully saturated rings. The van der Waals surface area contributed by atoms with E-state index in [0.29, 0.717) is 13.2 Å². The van der Waals surface area contributed by atoms with Gasteiger partial charge in [-0.15, -0.1) is 5.10 Å². The predicted octanol–water partition coefficient (Wildman–Crippen LogP) is -1.09. The lowest BCUT2D eigenvalue weighted by Crippen LogP contribution is -2.43. The molecular weight excluding hydrogens is 280 g/mol. The van der Waals surface area contributed by atoms with Gasteiger partial charge in [0.15, 0.2) is 5.69 Å². The lowest BCUT2D eigenvalue weighted by atomic mass is 10.1. The molecule has 3 rings (SSSR count). The number of aromatic nitrogens is 3. The first-order chi connectivity index (χ1) is 10.1. The van der Waals surface area contributed by atoms with Gasteiger partial charge in [-0.2, -0.15) is 0 Å². The molecule has 2 aliphatic heterocycles. The lowest BCUT2D eigenvalue weighted by molar-refractivity contribution is -0.120. The summed E-state index contributed by atoms with van der Waals surface area (Å²) in [5.41, 5.74) is 0.136. The third-order valence-corrected chi connectivity index (χ3v) is 3.66. The van der Waals surface area contributed by atoms with Crippen LogP contribution >= 0.6 is 0 Å². The zero-order valence-electron chi connectivity index (χ0n) is 11.7. The van der Waals surface area contributed by atoms with Crippen LogP contribution in [-0.2, 0) is 19.0 Å². The summed E-state index contributed by atoms with van der Waals surface area (Å²) in [5, 5.41) is 10.5. The Morgan fingerprint density at radius 1 is 1.38 bits per heavy atom. The predicted molar refractivity (Wildman–Crippen MR) is 67.5 cm³/mol. The molecule has 1 aromatic rings. The van der Waals surface area contributed by atoms with Crippen LogP contribution in [0.15, 0.2) is 6.20 Å². The van der Waals surface area contributed by atoms with Crippen LogP contribution in [0.2, 0.25) is 0 Å². The molecule has 9 heteroatoms. The van der Waals surface area contributed by atoms with E-state index in [-0.39, 0.29) is 35.9 Å². The fourth-order valence-corrected chi connectivity index (χ4v) is 2.73. The van der Waals surface area contributed by atoms with Crippen molar-refractivity contribution in [3.05, 3.63) is 11.9 Å². The molecule has 1 aromatic heterocycles. The van der Waals surface area contributed by atoms with Crippen LogP contribution in [0.1, 0.15) is 23.5 Å². The molecule has 1 amide bonds. The summed E-state index contributed by atoms with van der Waals surface area (Å²) in [6.45, 7) is 2.24. The number of esters is 1. The van der Waals surface area contributed by atoms with Gasteiger partial charge in [0.1, 0.15) is 18.2 Å². The number of hydrogen-bond acceptors (Lipinski definition) is 7. The molecule has 0 radical (unpaired) electrons. The summed E-state index contributed by atoms with van der Waals surface area (Å²) < 4.78 is 17.6. The third kappa shape index (κ3) is 2.49. The molecule has 0 unspecified atom stereocenters. The highest BCUT2D eigenvalue weighted by molar-refractivity contribution is 5.86. The second-order valence-electron chi connectivity index (χ2n) is 5.05. The van der Waals surface area contributed by atoms with Gasteiger partial charge in [0, 0.05) is 6.92 Å². The summed E-state index contributed by atoms with van der Waals surface area (Å²) in [5.74, 6) is -0.662. The van der Waals surface area contributed by atoms with E-state index in [1.54, 1.807) is 4.68 Å². The molecule has 4 atom stereocenters. The average Bonchev–Trinajstić information content (AvgIpc) is 3.14. The summed E-state index contributed by atoms with van der Waals surface area (Å²) in [6.07, 6.45) is 1.07. The molecule has 9 nitrogen and oxygen atoms in total. The summed E-state index contributed by atoms with van der Waals surface area (Å²) >= 11 is 0. The van der Waals surface area contributed by atoms with Crippen molar-refractivity contribution in [3.63, 3.8) is 0 Å². The van der Waals surface area contributed by atoms with Crippen LogP contribution in [0, 0.1) is 0 Å². The molecule has 0 saturated carbocycles. The molecular formula is C12H16N4O5. The molecule has 1 N–H and O–H groups in total. The van der Waals surface area contributed by atoms with Crippen LogP contribution in [0.5, 0.6) is 0 Å². The van der Waals surface area contributed by atoms with Crippen molar-refractivity contribution >= 4 is 11.9 Å². The molecule has 2 saturated heterocycles. The lowest BCUT2D eigenvalue weighted by Gasteiger charge is -2.16. The minimum absolute atomic E-state index is 0.120. The van der Waals surface area contributed by atoms with Gasteiger partial charge in [-0.3, -0.25) is 4.79 Å². The molecule has 3 heterocycles. The second-order valence-corrected chi connectivity index (χ2v) is 5.05. The van der Waals surface area contributed by atoms with Gasteiger partial charge in [0.05, 0.1) is 32.6 Å². The summed E-state index contributed by atoms with van der Waals surface area (Å²) in [4.78, 5) is 22.5. The Balaban J connectivity index is 1.72. The smallest absolute Gasteiger partial charge is 0.360 e. The molecule has 21 heavy (non-hydrogen) atoms. The summed E-state index contributed by atoms with van der Waals surface area (Å²) in [6, 6.07) is -0.347. The van der Waals surface area contributed by atoms with Gasteiger partial charge in [0.25, 0.3) is 0 Å². The number of carbonyl (C=O) groups excluding carboxylic acids is 2. The minimum Gasteiger partial charge on any atom is -0.464 e. The zero-order valence-corrected chi connectivity index (χ0v) is 11.7. The van der Waals surface area contributed by atoms with E-state index in [9.17, 15) is 9.59 Å². The fourth-order valence-electron chi connectivity index (χ4n) is 2.73. The topological polar surface area (TPSA) is 105 Å². The zero-order chi connectivity index (χ0) is 15.0. The maximum atomic E-state index is 11.4. The minimum atomic E-state index is -0.542. The van der Waals surface area contributed by atoms with Crippen LogP contribution in [0.3, 0.4) is 0 Å². The highest BCUT2D eigenvalue weighted by Crippen LogP contribution is 2.33. The maximum absolute atomic E-state index is 11.4. The first kappa shape index (κ1) is 14.0. The number of ether oxygens (including phenoxy) is 3. The Hall–Kier alpha value is -2.00. The largest absolute Gasteiger partial charge is 0.464 e. The Bertz CT molecular complexity index is 560. The molecule has 2 aliphatic rings.